The van der Waals surface area contributed by atoms with Gasteiger partial charge in [0.25, 0.3) is 0 Å². The predicted octanol–water partition coefficient (Wildman–Crippen LogP) is 4.50. The molecule has 0 aliphatic heterocycles. The molecule has 0 fully saturated rings. The maximum Gasteiger partial charge on any atom is 0.311 e. The van der Waals surface area contributed by atoms with E-state index in [1.54, 1.807) is 20.8 Å². The third kappa shape index (κ3) is 15.1. The van der Waals surface area contributed by atoms with E-state index in [4.69, 9.17) is 0 Å². The van der Waals surface area contributed by atoms with E-state index in [-0.39, 0.29) is 24.1 Å². The van der Waals surface area contributed by atoms with Gasteiger partial charge in [-0.1, -0.05) is 58.1 Å². The van der Waals surface area contributed by atoms with Crippen LogP contribution in [0.4, 0.5) is 0 Å². The van der Waals surface area contributed by atoms with Crippen molar-refractivity contribution in [3.8, 4) is 0 Å². The van der Waals surface area contributed by atoms with Crippen molar-refractivity contribution in [2.75, 3.05) is 26.2 Å². The van der Waals surface area contributed by atoms with E-state index in [9.17, 15) is 29.7 Å². The number of allylic oxidation sites excluding steroid dienone is 2. The molecule has 7 nitrogen and oxygen atoms in total. The summed E-state index contributed by atoms with van der Waals surface area (Å²) in [7, 11) is 0. The molecule has 7 heteroatoms. The van der Waals surface area contributed by atoms with Crippen molar-refractivity contribution >= 4 is 17.9 Å². The monoisotopic (exact) mass is 483 g/mol. The molecule has 0 radical (unpaired) electrons. The molecule has 0 rings (SSSR count). The average Bonchev–Trinajstić information content (AvgIpc) is 2.76. The van der Waals surface area contributed by atoms with E-state index in [2.05, 4.69) is 19.1 Å². The maximum absolute atomic E-state index is 11.5. The van der Waals surface area contributed by atoms with E-state index in [1.165, 1.54) is 38.5 Å². The first kappa shape index (κ1) is 32.1. The van der Waals surface area contributed by atoms with Crippen molar-refractivity contribution in [3.63, 3.8) is 0 Å². The molecule has 0 aromatic carbocycles. The Bertz CT molecular complexity index is 563. The number of hydrogen-bond acceptors (Lipinski definition) is 4. The van der Waals surface area contributed by atoms with Crippen LogP contribution in [0.1, 0.15) is 98.3 Å². The molecular weight excluding hydrogens is 434 g/mol. The van der Waals surface area contributed by atoms with Crippen LogP contribution in [-0.2, 0) is 14.4 Å². The van der Waals surface area contributed by atoms with Gasteiger partial charge in [0.15, 0.2) is 0 Å². The Kier molecular flexibility index (Phi) is 17.4. The van der Waals surface area contributed by atoms with Gasteiger partial charge >= 0.3 is 11.9 Å². The molecule has 0 aliphatic carbocycles. The number of unbranched alkanes of at least 4 members (excludes halogenated alkanes) is 9. The van der Waals surface area contributed by atoms with Gasteiger partial charge in [-0.3, -0.25) is 9.59 Å². The number of nitrogens with zero attached hydrogens (tertiary/aromatic N) is 1. The van der Waals surface area contributed by atoms with Crippen molar-refractivity contribution in [1.29, 1.82) is 0 Å². The number of carboxylic acid groups (broad SMARTS) is 3. The molecule has 0 amide bonds. The van der Waals surface area contributed by atoms with Crippen molar-refractivity contribution in [2.45, 2.75) is 98.3 Å². The summed E-state index contributed by atoms with van der Waals surface area (Å²) in [6.45, 7) is 8.16. The number of rotatable bonds is 22. The largest absolute Gasteiger partial charge is 0.550 e. The zero-order valence-electron chi connectivity index (χ0n) is 22.0. The topological polar surface area (TPSA) is 115 Å². The molecule has 198 valence electrons. The van der Waals surface area contributed by atoms with Crippen LogP contribution < -0.4 is 5.11 Å². The minimum Gasteiger partial charge on any atom is -0.550 e. The summed E-state index contributed by atoms with van der Waals surface area (Å²) in [4.78, 5) is 34.5. The van der Waals surface area contributed by atoms with Gasteiger partial charge in [0.05, 0.1) is 26.2 Å². The van der Waals surface area contributed by atoms with Gasteiger partial charge in [0.1, 0.15) is 11.8 Å². The van der Waals surface area contributed by atoms with E-state index in [0.29, 0.717) is 6.54 Å². The van der Waals surface area contributed by atoms with Gasteiger partial charge < -0.3 is 24.6 Å². The van der Waals surface area contributed by atoms with Gasteiger partial charge in [0.2, 0.25) is 0 Å². The maximum atomic E-state index is 11.5. The van der Waals surface area contributed by atoms with Crippen molar-refractivity contribution in [2.24, 2.45) is 17.8 Å². The lowest BCUT2D eigenvalue weighted by Gasteiger charge is -2.43. The highest BCUT2D eigenvalue weighted by atomic mass is 16.4. The second-order valence-electron chi connectivity index (χ2n) is 10.2. The third-order valence-electron chi connectivity index (χ3n) is 6.62. The smallest absolute Gasteiger partial charge is 0.311 e. The highest BCUT2D eigenvalue weighted by Gasteiger charge is 2.36. The predicted molar refractivity (Wildman–Crippen MR) is 133 cm³/mol. The third-order valence-corrected chi connectivity index (χ3v) is 6.62. The van der Waals surface area contributed by atoms with Gasteiger partial charge in [-0.2, -0.15) is 0 Å². The van der Waals surface area contributed by atoms with Crippen molar-refractivity contribution in [3.05, 3.63) is 12.2 Å². The molecule has 2 N–H and O–H groups in total. The first-order valence-corrected chi connectivity index (χ1v) is 13.2. The van der Waals surface area contributed by atoms with Crippen molar-refractivity contribution in [1.82, 2.24) is 0 Å². The molecule has 3 unspecified atom stereocenters. The summed E-state index contributed by atoms with van der Waals surface area (Å²) < 4.78 is 0.179. The summed E-state index contributed by atoms with van der Waals surface area (Å²) in [5.41, 5.74) is 0. The lowest BCUT2D eigenvalue weighted by Crippen LogP contribution is -2.58. The lowest BCUT2D eigenvalue weighted by molar-refractivity contribution is -0.934. The molecule has 3 atom stereocenters. The van der Waals surface area contributed by atoms with Gasteiger partial charge in [0, 0.05) is 11.9 Å². The lowest BCUT2D eigenvalue weighted by atomic mass is 10.0. The first-order chi connectivity index (χ1) is 16.0. The molecule has 0 spiro atoms. The highest BCUT2D eigenvalue weighted by molar-refractivity contribution is 5.70. The molecule has 0 aliphatic rings. The standard InChI is InChI=1S/C27H49NO6/c1-5-6-7-8-9-10-11-12-13-14-15-16-17-18-28(19-22(2)25(29)30,20-23(3)26(31)32)21-24(4)27(33)34/h9-10,22-24H,5-8,11-21H2,1-4H3,(H2-,29,30,31,32,33,34)/b10-9+. The number of aliphatic carboxylic acids is 3. The van der Waals surface area contributed by atoms with Crippen LogP contribution in [0.3, 0.4) is 0 Å². The molecule has 0 heterocycles. The summed E-state index contributed by atoms with van der Waals surface area (Å²) >= 11 is 0. The minimum absolute atomic E-state index is 0.179. The van der Waals surface area contributed by atoms with Crippen LogP contribution in [0, 0.1) is 17.8 Å². The van der Waals surface area contributed by atoms with Gasteiger partial charge in [-0.15, -0.1) is 0 Å². The Morgan fingerprint density at radius 3 is 1.56 bits per heavy atom. The highest BCUT2D eigenvalue weighted by Crippen LogP contribution is 2.22. The van der Waals surface area contributed by atoms with E-state index in [1.807, 2.05) is 0 Å². The average molecular weight is 484 g/mol. The fraction of sp³-hybridized carbons (Fsp3) is 0.815. The molecular formula is C27H49NO6. The first-order valence-electron chi connectivity index (χ1n) is 13.2. The second-order valence-corrected chi connectivity index (χ2v) is 10.2. The van der Waals surface area contributed by atoms with Crippen LogP contribution in [0.25, 0.3) is 0 Å². The fourth-order valence-electron chi connectivity index (χ4n) is 4.64. The van der Waals surface area contributed by atoms with E-state index >= 15 is 0 Å². The zero-order valence-corrected chi connectivity index (χ0v) is 22.0. The Morgan fingerprint density at radius 1 is 0.706 bits per heavy atom. The Morgan fingerprint density at radius 2 is 1.12 bits per heavy atom. The number of carbonyl (C=O) groups excluding carboxylic acids is 1. The van der Waals surface area contributed by atoms with Crippen LogP contribution in [0.5, 0.6) is 0 Å². The molecule has 0 aromatic heterocycles. The molecule has 0 bridgehead atoms. The summed E-state index contributed by atoms with van der Waals surface area (Å²) in [5, 5.41) is 30.4. The zero-order chi connectivity index (χ0) is 26.0. The summed E-state index contributed by atoms with van der Waals surface area (Å²) in [5.74, 6) is -5.25. The summed E-state index contributed by atoms with van der Waals surface area (Å²) in [6, 6.07) is 0. The van der Waals surface area contributed by atoms with Crippen LogP contribution in [-0.4, -0.2) is 58.8 Å². The number of carboxylic acids is 3. The normalized spacial score (nSPS) is 16.1. The molecule has 0 aromatic rings. The fourth-order valence-corrected chi connectivity index (χ4v) is 4.64. The van der Waals surface area contributed by atoms with Crippen molar-refractivity contribution < 1.29 is 34.2 Å². The minimum atomic E-state index is -1.19. The van der Waals surface area contributed by atoms with Crippen LogP contribution >= 0.6 is 0 Å². The quantitative estimate of drug-likeness (QED) is 0.133. The molecule has 0 saturated carbocycles. The second kappa shape index (κ2) is 18.4. The number of carbonyl (C=O) groups is 3. The van der Waals surface area contributed by atoms with Crippen LogP contribution in [0.2, 0.25) is 0 Å². The van der Waals surface area contributed by atoms with Gasteiger partial charge in [-0.05, 0) is 52.4 Å². The Balaban J connectivity index is 4.77. The Hall–Kier alpha value is -1.89. The number of quaternary nitrogens is 1. The SMILES string of the molecule is CCCCC/C=C/CCCCCCCC[N+](CC(C)C(=O)[O-])(CC(C)C(=O)O)CC(C)C(=O)O. The van der Waals surface area contributed by atoms with Crippen LogP contribution in [0.15, 0.2) is 12.2 Å². The Labute approximate surface area is 206 Å². The van der Waals surface area contributed by atoms with E-state index in [0.717, 1.165) is 32.1 Å². The van der Waals surface area contributed by atoms with E-state index < -0.39 is 35.7 Å². The van der Waals surface area contributed by atoms with Gasteiger partial charge in [-0.25, -0.2) is 0 Å². The molecule has 0 saturated heterocycles. The molecule has 34 heavy (non-hydrogen) atoms. The number of hydrogen-bond donors (Lipinski definition) is 2. The summed E-state index contributed by atoms with van der Waals surface area (Å²) in [6.07, 6.45) is 17.0.